The standard InChI is InChI=1S/C19H22N2OS/c1-19(11-20,14-8-9-14)21-18(22)16-10-13-7-6-12-4-2-3-5-15(12)17(13)23-16/h2-5,10,14H,6-9,11,20H2,1H3,(H,21,22). The summed E-state index contributed by atoms with van der Waals surface area (Å²) >= 11 is 1.62. The van der Waals surface area contributed by atoms with E-state index in [2.05, 4.69) is 42.6 Å². The van der Waals surface area contributed by atoms with Crippen LogP contribution >= 0.6 is 11.3 Å². The van der Waals surface area contributed by atoms with Gasteiger partial charge in [0.05, 0.1) is 10.4 Å². The molecule has 0 bridgehead atoms. The minimum atomic E-state index is -0.264. The van der Waals surface area contributed by atoms with Gasteiger partial charge in [0.15, 0.2) is 0 Å². The minimum absolute atomic E-state index is 0.0294. The van der Waals surface area contributed by atoms with Crippen molar-refractivity contribution in [3.05, 3.63) is 46.3 Å². The van der Waals surface area contributed by atoms with E-state index in [1.165, 1.54) is 34.4 Å². The van der Waals surface area contributed by atoms with Crippen LogP contribution in [0.1, 0.15) is 40.6 Å². The Kier molecular flexibility index (Phi) is 3.54. The second-order valence-corrected chi connectivity index (χ2v) is 8.02. The molecule has 4 heteroatoms. The summed E-state index contributed by atoms with van der Waals surface area (Å²) in [4.78, 5) is 14.8. The molecule has 3 nitrogen and oxygen atoms in total. The van der Waals surface area contributed by atoms with Gasteiger partial charge >= 0.3 is 0 Å². The van der Waals surface area contributed by atoms with Gasteiger partial charge in [-0.1, -0.05) is 24.3 Å². The number of thiophene rings is 1. The molecule has 1 fully saturated rings. The Balaban J connectivity index is 1.62. The first kappa shape index (κ1) is 14.9. The van der Waals surface area contributed by atoms with E-state index >= 15 is 0 Å². The van der Waals surface area contributed by atoms with E-state index in [-0.39, 0.29) is 11.4 Å². The van der Waals surface area contributed by atoms with Gasteiger partial charge in [-0.3, -0.25) is 4.79 Å². The van der Waals surface area contributed by atoms with Crippen LogP contribution in [0, 0.1) is 5.92 Å². The minimum Gasteiger partial charge on any atom is -0.345 e. The second kappa shape index (κ2) is 5.46. The number of aryl methyl sites for hydroxylation is 2. The predicted molar refractivity (Wildman–Crippen MR) is 94.8 cm³/mol. The molecule has 1 saturated carbocycles. The molecule has 2 aliphatic rings. The van der Waals surface area contributed by atoms with Gasteiger partial charge in [-0.25, -0.2) is 0 Å². The Bertz CT molecular complexity index is 762. The van der Waals surface area contributed by atoms with E-state index in [1.807, 2.05) is 0 Å². The Morgan fingerprint density at radius 2 is 2.04 bits per heavy atom. The fourth-order valence-electron chi connectivity index (χ4n) is 3.54. The number of rotatable bonds is 4. The SMILES string of the molecule is CC(CN)(NC(=O)c1cc2c(s1)-c1ccccc1CC2)C1CC1. The highest BCUT2D eigenvalue weighted by Crippen LogP contribution is 2.41. The van der Waals surface area contributed by atoms with Crippen molar-refractivity contribution in [3.63, 3.8) is 0 Å². The number of nitrogens with two attached hydrogens (primary N) is 1. The molecule has 0 radical (unpaired) electrons. The van der Waals surface area contributed by atoms with Crippen LogP contribution in [0.15, 0.2) is 30.3 Å². The van der Waals surface area contributed by atoms with Gasteiger partial charge in [0, 0.05) is 11.4 Å². The van der Waals surface area contributed by atoms with Gasteiger partial charge in [0.2, 0.25) is 0 Å². The molecule has 120 valence electrons. The third-order valence-electron chi connectivity index (χ3n) is 5.26. The van der Waals surface area contributed by atoms with E-state index in [4.69, 9.17) is 5.73 Å². The molecule has 0 spiro atoms. The number of benzene rings is 1. The van der Waals surface area contributed by atoms with Crippen LogP contribution in [-0.2, 0) is 12.8 Å². The van der Waals surface area contributed by atoms with Crippen molar-refractivity contribution in [2.45, 2.75) is 38.1 Å². The highest BCUT2D eigenvalue weighted by molar-refractivity contribution is 7.17. The zero-order valence-corrected chi connectivity index (χ0v) is 14.2. The number of hydrogen-bond donors (Lipinski definition) is 2. The lowest BCUT2D eigenvalue weighted by Crippen LogP contribution is -2.53. The zero-order valence-electron chi connectivity index (χ0n) is 13.4. The smallest absolute Gasteiger partial charge is 0.261 e. The first-order valence-corrected chi connectivity index (χ1v) is 9.16. The van der Waals surface area contributed by atoms with E-state index in [0.29, 0.717) is 12.5 Å². The number of amides is 1. The molecule has 23 heavy (non-hydrogen) atoms. The topological polar surface area (TPSA) is 55.1 Å². The second-order valence-electron chi connectivity index (χ2n) is 6.97. The van der Waals surface area contributed by atoms with Gasteiger partial charge < -0.3 is 11.1 Å². The van der Waals surface area contributed by atoms with Crippen molar-refractivity contribution in [2.24, 2.45) is 11.7 Å². The van der Waals surface area contributed by atoms with E-state index in [0.717, 1.165) is 17.7 Å². The maximum Gasteiger partial charge on any atom is 0.261 e. The van der Waals surface area contributed by atoms with Crippen molar-refractivity contribution in [1.29, 1.82) is 0 Å². The van der Waals surface area contributed by atoms with Crippen molar-refractivity contribution in [3.8, 4) is 10.4 Å². The van der Waals surface area contributed by atoms with Crippen LogP contribution in [0.4, 0.5) is 0 Å². The maximum absolute atomic E-state index is 12.7. The summed E-state index contributed by atoms with van der Waals surface area (Å²) in [7, 11) is 0. The predicted octanol–water partition coefficient (Wildman–Crippen LogP) is 3.37. The third-order valence-corrected chi connectivity index (χ3v) is 6.47. The van der Waals surface area contributed by atoms with Gasteiger partial charge in [-0.15, -0.1) is 11.3 Å². The largest absolute Gasteiger partial charge is 0.345 e. The molecule has 2 aliphatic carbocycles. The number of carbonyl (C=O) groups excluding carboxylic acids is 1. The van der Waals surface area contributed by atoms with E-state index in [9.17, 15) is 4.79 Å². The molecule has 4 rings (SSSR count). The van der Waals surface area contributed by atoms with Crippen molar-refractivity contribution >= 4 is 17.2 Å². The number of fused-ring (bicyclic) bond motifs is 3. The highest BCUT2D eigenvalue weighted by atomic mass is 32.1. The van der Waals surface area contributed by atoms with Crippen molar-refractivity contribution in [2.75, 3.05) is 6.54 Å². The summed E-state index contributed by atoms with van der Waals surface area (Å²) in [5.74, 6) is 0.563. The molecule has 1 unspecified atom stereocenters. The highest BCUT2D eigenvalue weighted by Gasteiger charge is 2.41. The maximum atomic E-state index is 12.7. The first-order chi connectivity index (χ1) is 11.1. The number of nitrogens with one attached hydrogen (secondary N) is 1. The average molecular weight is 326 g/mol. The first-order valence-electron chi connectivity index (χ1n) is 8.34. The summed E-state index contributed by atoms with van der Waals surface area (Å²) < 4.78 is 0. The molecular formula is C19H22N2OS. The Labute approximate surface area is 140 Å². The lowest BCUT2D eigenvalue weighted by molar-refractivity contribution is 0.0902. The van der Waals surface area contributed by atoms with Gasteiger partial charge in [0.25, 0.3) is 5.91 Å². The van der Waals surface area contributed by atoms with Crippen LogP contribution in [0.3, 0.4) is 0 Å². The van der Waals surface area contributed by atoms with Crippen molar-refractivity contribution in [1.82, 2.24) is 5.32 Å². The summed E-state index contributed by atoms with van der Waals surface area (Å²) in [6.45, 7) is 2.57. The fourth-order valence-corrected chi connectivity index (χ4v) is 4.71. The van der Waals surface area contributed by atoms with Crippen LogP contribution in [0.25, 0.3) is 10.4 Å². The van der Waals surface area contributed by atoms with Crippen molar-refractivity contribution < 1.29 is 4.79 Å². The molecule has 1 atom stereocenters. The molecule has 1 aromatic heterocycles. The Morgan fingerprint density at radius 1 is 1.30 bits per heavy atom. The monoisotopic (exact) mass is 326 g/mol. The summed E-state index contributed by atoms with van der Waals surface area (Å²) in [5, 5.41) is 3.20. The zero-order chi connectivity index (χ0) is 16.0. The quantitative estimate of drug-likeness (QED) is 0.905. The number of carbonyl (C=O) groups is 1. The Morgan fingerprint density at radius 3 is 2.78 bits per heavy atom. The molecule has 0 aliphatic heterocycles. The summed E-state index contributed by atoms with van der Waals surface area (Å²) in [5.41, 5.74) is 9.65. The van der Waals surface area contributed by atoms with Crippen LogP contribution < -0.4 is 11.1 Å². The molecule has 1 heterocycles. The molecule has 0 saturated heterocycles. The Hall–Kier alpha value is -1.65. The van der Waals surface area contributed by atoms with Crippen LogP contribution in [0.2, 0.25) is 0 Å². The van der Waals surface area contributed by atoms with Gasteiger partial charge in [-0.05, 0) is 61.3 Å². The molecule has 2 aromatic rings. The molecule has 1 amide bonds. The summed E-state index contributed by atoms with van der Waals surface area (Å²) in [6, 6.07) is 10.6. The van der Waals surface area contributed by atoms with Gasteiger partial charge in [-0.2, -0.15) is 0 Å². The van der Waals surface area contributed by atoms with Gasteiger partial charge in [0.1, 0.15) is 0 Å². The molecule has 3 N–H and O–H groups in total. The third kappa shape index (κ3) is 2.60. The van der Waals surface area contributed by atoms with E-state index in [1.54, 1.807) is 11.3 Å². The normalized spacial score (nSPS) is 18.7. The fraction of sp³-hybridized carbons (Fsp3) is 0.421. The van der Waals surface area contributed by atoms with Crippen LogP contribution in [-0.4, -0.2) is 18.0 Å². The van der Waals surface area contributed by atoms with E-state index < -0.39 is 0 Å². The molecular weight excluding hydrogens is 304 g/mol. The average Bonchev–Trinajstić information content (AvgIpc) is 3.33. The summed E-state index contributed by atoms with van der Waals surface area (Å²) in [6.07, 6.45) is 4.42. The lowest BCUT2D eigenvalue weighted by atomic mass is 9.91. The number of hydrogen-bond acceptors (Lipinski definition) is 3. The molecule has 1 aromatic carbocycles. The van der Waals surface area contributed by atoms with Crippen LogP contribution in [0.5, 0.6) is 0 Å². The lowest BCUT2D eigenvalue weighted by Gasteiger charge is -2.29.